The lowest BCUT2D eigenvalue weighted by molar-refractivity contribution is 0.0996. The van der Waals surface area contributed by atoms with Crippen molar-refractivity contribution in [2.24, 2.45) is 0 Å². The summed E-state index contributed by atoms with van der Waals surface area (Å²) in [5.74, 6) is 0.767. The number of amides is 1. The maximum atomic E-state index is 12.5. The lowest BCUT2D eigenvalue weighted by Gasteiger charge is -2.14. The molecule has 2 aromatic heterocycles. The van der Waals surface area contributed by atoms with E-state index in [2.05, 4.69) is 15.3 Å². The van der Waals surface area contributed by atoms with Crippen LogP contribution in [-0.2, 0) is 13.1 Å². The Morgan fingerprint density at radius 2 is 1.92 bits per heavy atom. The number of hydrogen-bond donors (Lipinski definition) is 1. The van der Waals surface area contributed by atoms with Crippen LogP contribution in [0.25, 0.3) is 0 Å². The molecule has 0 unspecified atom stereocenters. The molecule has 1 aromatic carbocycles. The summed E-state index contributed by atoms with van der Waals surface area (Å²) >= 11 is 0. The van der Waals surface area contributed by atoms with Crippen molar-refractivity contribution in [2.45, 2.75) is 13.1 Å². The van der Waals surface area contributed by atoms with Gasteiger partial charge in [0.05, 0.1) is 17.8 Å². The number of fused-ring (bicyclic) bond motifs is 1. The highest BCUT2D eigenvalue weighted by molar-refractivity contribution is 6.09. The Morgan fingerprint density at radius 1 is 1.04 bits per heavy atom. The van der Waals surface area contributed by atoms with Gasteiger partial charge in [0.25, 0.3) is 5.91 Å². The molecule has 0 spiro atoms. The van der Waals surface area contributed by atoms with Crippen LogP contribution in [-0.4, -0.2) is 15.9 Å². The quantitative estimate of drug-likeness (QED) is 0.803. The average molecular weight is 316 g/mol. The van der Waals surface area contributed by atoms with Crippen LogP contribution < -0.4 is 10.2 Å². The standard InChI is InChI=1S/C19H16N4O/c24-19-16-8-9-18(21-12-14-5-4-10-20-11-14)22-17(16)13-23(19)15-6-2-1-3-7-15/h1-11H,12-13H2,(H,21,22). The van der Waals surface area contributed by atoms with E-state index in [1.54, 1.807) is 11.1 Å². The molecule has 3 aromatic rings. The molecular formula is C19H16N4O. The Kier molecular flexibility index (Phi) is 3.67. The first-order chi connectivity index (χ1) is 11.8. The summed E-state index contributed by atoms with van der Waals surface area (Å²) in [4.78, 5) is 23.0. The van der Waals surface area contributed by atoms with Crippen LogP contribution in [0.3, 0.4) is 0 Å². The fourth-order valence-electron chi connectivity index (χ4n) is 2.79. The molecule has 0 aliphatic carbocycles. The van der Waals surface area contributed by atoms with Crippen LogP contribution in [0.15, 0.2) is 67.0 Å². The van der Waals surface area contributed by atoms with Gasteiger partial charge in [0.15, 0.2) is 0 Å². The zero-order valence-corrected chi connectivity index (χ0v) is 13.0. The van der Waals surface area contributed by atoms with Crippen molar-refractivity contribution in [3.8, 4) is 0 Å². The minimum atomic E-state index is 0.00232. The van der Waals surface area contributed by atoms with Crippen LogP contribution in [0.1, 0.15) is 21.6 Å². The highest BCUT2D eigenvalue weighted by Gasteiger charge is 2.29. The van der Waals surface area contributed by atoms with Gasteiger partial charge in [0.1, 0.15) is 5.82 Å². The number of carbonyl (C=O) groups is 1. The monoisotopic (exact) mass is 316 g/mol. The summed E-state index contributed by atoms with van der Waals surface area (Å²) in [5, 5.41) is 3.28. The molecule has 0 saturated carbocycles. The van der Waals surface area contributed by atoms with Gasteiger partial charge in [-0.1, -0.05) is 24.3 Å². The third kappa shape index (κ3) is 2.72. The molecular weight excluding hydrogens is 300 g/mol. The Morgan fingerprint density at radius 3 is 2.71 bits per heavy atom. The molecule has 0 bridgehead atoms. The third-order valence-corrected chi connectivity index (χ3v) is 4.02. The molecule has 0 atom stereocenters. The zero-order valence-electron chi connectivity index (χ0n) is 13.0. The van der Waals surface area contributed by atoms with E-state index in [0.29, 0.717) is 18.7 Å². The van der Waals surface area contributed by atoms with Crippen LogP contribution in [0.2, 0.25) is 0 Å². The Hall–Kier alpha value is -3.21. The topological polar surface area (TPSA) is 58.1 Å². The summed E-state index contributed by atoms with van der Waals surface area (Å²) in [7, 11) is 0. The highest BCUT2D eigenvalue weighted by Crippen LogP contribution is 2.27. The van der Waals surface area contributed by atoms with Gasteiger partial charge in [-0.25, -0.2) is 4.98 Å². The number of hydrogen-bond acceptors (Lipinski definition) is 4. The van der Waals surface area contributed by atoms with E-state index in [4.69, 9.17) is 0 Å². The predicted molar refractivity (Wildman–Crippen MR) is 92.8 cm³/mol. The molecule has 118 valence electrons. The molecule has 1 aliphatic rings. The lowest BCUT2D eigenvalue weighted by Crippen LogP contribution is -2.22. The number of rotatable bonds is 4. The summed E-state index contributed by atoms with van der Waals surface area (Å²) < 4.78 is 0. The van der Waals surface area contributed by atoms with E-state index < -0.39 is 0 Å². The minimum absolute atomic E-state index is 0.00232. The molecule has 5 nitrogen and oxygen atoms in total. The number of nitrogens with zero attached hydrogens (tertiary/aromatic N) is 3. The molecule has 5 heteroatoms. The number of benzene rings is 1. The van der Waals surface area contributed by atoms with Gasteiger partial charge in [-0.3, -0.25) is 9.78 Å². The summed E-state index contributed by atoms with van der Waals surface area (Å²) in [6.07, 6.45) is 3.57. The predicted octanol–water partition coefficient (Wildman–Crippen LogP) is 3.25. The Balaban J connectivity index is 1.52. The molecule has 1 aliphatic heterocycles. The summed E-state index contributed by atoms with van der Waals surface area (Å²) in [6.45, 7) is 1.15. The zero-order chi connectivity index (χ0) is 16.4. The molecule has 0 saturated heterocycles. The third-order valence-electron chi connectivity index (χ3n) is 4.02. The first-order valence-electron chi connectivity index (χ1n) is 7.81. The number of para-hydroxylation sites is 1. The van der Waals surface area contributed by atoms with E-state index >= 15 is 0 Å². The van der Waals surface area contributed by atoms with Crippen molar-refractivity contribution >= 4 is 17.4 Å². The van der Waals surface area contributed by atoms with Crippen LogP contribution in [0, 0.1) is 0 Å². The largest absolute Gasteiger partial charge is 0.366 e. The number of pyridine rings is 2. The second-order valence-corrected chi connectivity index (χ2v) is 5.63. The normalized spacial score (nSPS) is 13.0. The molecule has 4 rings (SSSR count). The number of aromatic nitrogens is 2. The fraction of sp³-hybridized carbons (Fsp3) is 0.105. The fourth-order valence-corrected chi connectivity index (χ4v) is 2.79. The first kappa shape index (κ1) is 14.4. The minimum Gasteiger partial charge on any atom is -0.366 e. The van der Waals surface area contributed by atoms with Crippen molar-refractivity contribution < 1.29 is 4.79 Å². The molecule has 1 amide bonds. The van der Waals surface area contributed by atoms with Crippen LogP contribution in [0.4, 0.5) is 11.5 Å². The Labute approximate surface area is 140 Å². The Bertz CT molecular complexity index is 865. The van der Waals surface area contributed by atoms with Gasteiger partial charge in [-0.2, -0.15) is 0 Å². The van der Waals surface area contributed by atoms with Gasteiger partial charge in [0, 0.05) is 24.6 Å². The highest BCUT2D eigenvalue weighted by atomic mass is 16.2. The van der Waals surface area contributed by atoms with Gasteiger partial charge >= 0.3 is 0 Å². The summed E-state index contributed by atoms with van der Waals surface area (Å²) in [6, 6.07) is 17.3. The van der Waals surface area contributed by atoms with E-state index in [-0.39, 0.29) is 5.91 Å². The first-order valence-corrected chi connectivity index (χ1v) is 7.81. The second kappa shape index (κ2) is 6.12. The second-order valence-electron chi connectivity index (χ2n) is 5.63. The van der Waals surface area contributed by atoms with Crippen LogP contribution in [0.5, 0.6) is 0 Å². The molecule has 1 N–H and O–H groups in total. The maximum Gasteiger partial charge on any atom is 0.260 e. The van der Waals surface area contributed by atoms with Crippen molar-refractivity contribution in [3.05, 3.63) is 83.8 Å². The van der Waals surface area contributed by atoms with Crippen LogP contribution >= 0.6 is 0 Å². The van der Waals surface area contributed by atoms with Crippen molar-refractivity contribution in [1.82, 2.24) is 9.97 Å². The number of nitrogens with one attached hydrogen (secondary N) is 1. The number of carbonyl (C=O) groups excluding carboxylic acids is 1. The van der Waals surface area contributed by atoms with Crippen molar-refractivity contribution in [2.75, 3.05) is 10.2 Å². The van der Waals surface area contributed by atoms with E-state index in [0.717, 1.165) is 22.8 Å². The van der Waals surface area contributed by atoms with Crippen molar-refractivity contribution in [1.29, 1.82) is 0 Å². The number of anilines is 2. The lowest BCUT2D eigenvalue weighted by atomic mass is 10.2. The van der Waals surface area contributed by atoms with E-state index in [9.17, 15) is 4.79 Å². The van der Waals surface area contributed by atoms with Crippen molar-refractivity contribution in [3.63, 3.8) is 0 Å². The van der Waals surface area contributed by atoms with Gasteiger partial charge in [-0.05, 0) is 35.9 Å². The average Bonchev–Trinajstić information content (AvgIpc) is 2.98. The molecule has 0 fully saturated rings. The molecule has 24 heavy (non-hydrogen) atoms. The van der Waals surface area contributed by atoms with Gasteiger partial charge in [0.2, 0.25) is 0 Å². The SMILES string of the molecule is O=C1c2ccc(NCc3cccnc3)nc2CN1c1ccccc1. The van der Waals surface area contributed by atoms with E-state index in [1.807, 2.05) is 60.8 Å². The van der Waals surface area contributed by atoms with Gasteiger partial charge < -0.3 is 10.2 Å². The van der Waals surface area contributed by atoms with E-state index in [1.165, 1.54) is 0 Å². The maximum absolute atomic E-state index is 12.5. The smallest absolute Gasteiger partial charge is 0.260 e. The molecule has 0 radical (unpaired) electrons. The molecule has 3 heterocycles. The summed E-state index contributed by atoms with van der Waals surface area (Å²) in [5.41, 5.74) is 3.46. The van der Waals surface area contributed by atoms with Gasteiger partial charge in [-0.15, -0.1) is 0 Å².